The molecule has 8 rings (SSSR count). The number of nitrogens with one attached hydrogen (secondary N) is 4. The van der Waals surface area contributed by atoms with Crippen LogP contribution in [0.5, 0.6) is 5.75 Å². The minimum Gasteiger partial charge on any atom is -0.505 e. The highest BCUT2D eigenvalue weighted by Gasteiger charge is 2.47. The molecular formula is C57H65ClN10O10S. The second kappa shape index (κ2) is 25.8. The Balaban J connectivity index is 1.15. The molecule has 5 aromatic rings. The number of hydrogen-bond donors (Lipinski definition) is 5. The largest absolute Gasteiger partial charge is 0.505 e. The molecule has 22 heteroatoms. The van der Waals surface area contributed by atoms with Gasteiger partial charge in [0.05, 0.1) is 5.52 Å². The first kappa shape index (κ1) is 57.4. The number of aromatic nitrogens is 2. The van der Waals surface area contributed by atoms with Crippen molar-refractivity contribution in [3.63, 3.8) is 0 Å². The molecule has 3 saturated heterocycles. The Hall–Kier alpha value is -7.78. The third-order valence-corrected chi connectivity index (χ3v) is 16.0. The van der Waals surface area contributed by atoms with Gasteiger partial charge in [0.2, 0.25) is 29.5 Å². The van der Waals surface area contributed by atoms with Crippen molar-refractivity contribution in [3.8, 4) is 5.75 Å². The van der Waals surface area contributed by atoms with Gasteiger partial charge in [0, 0.05) is 105 Å². The van der Waals surface area contributed by atoms with Crippen molar-refractivity contribution in [2.24, 2.45) is 5.92 Å². The summed E-state index contributed by atoms with van der Waals surface area (Å²) >= 11 is 7.71. The second-order valence-electron chi connectivity index (χ2n) is 20.1. The Morgan fingerprint density at radius 3 is 2.35 bits per heavy atom. The minimum absolute atomic E-state index is 0.0108. The zero-order valence-electron chi connectivity index (χ0n) is 44.6. The maximum Gasteiger partial charge on any atom is 0.333 e. The number of anilines is 2. The van der Waals surface area contributed by atoms with Gasteiger partial charge >= 0.3 is 5.97 Å². The summed E-state index contributed by atoms with van der Waals surface area (Å²) in [6.45, 7) is 3.46. The fourth-order valence-corrected chi connectivity index (χ4v) is 11.3. The SMILES string of the molecule is CC[C@H]1NC(=O)[C@@H](NC(=O)c2ncccc2O)[C@@H](C)OC(=O)C(c2ccccc2)NC(=O)[C@@H]2CC(=O)[C@H](CSCCNc3ccnc4cc(Cl)ccc34)CN2C(=O)[C@H](Cc2ccc(N(C)C)cc2)N(C)C(=O)[C@@H]2CCCN2C1=O. The molecule has 3 aliphatic rings. The van der Waals surface area contributed by atoms with Crippen LogP contribution >= 0.6 is 23.4 Å². The number of esters is 1. The number of fused-ring (bicyclic) bond motifs is 3. The van der Waals surface area contributed by atoms with E-state index in [1.807, 2.05) is 55.4 Å². The van der Waals surface area contributed by atoms with Crippen LogP contribution < -0.4 is 26.2 Å². The molecule has 0 aliphatic carbocycles. The van der Waals surface area contributed by atoms with Gasteiger partial charge < -0.3 is 50.7 Å². The molecule has 0 saturated carbocycles. The van der Waals surface area contributed by atoms with Crippen molar-refractivity contribution in [1.29, 1.82) is 0 Å². The van der Waals surface area contributed by atoms with E-state index in [0.717, 1.165) is 22.3 Å². The number of likely N-dealkylation sites (N-methyl/N-ethyl adjacent to an activating group) is 1. The number of piperidine rings is 1. The zero-order chi connectivity index (χ0) is 56.5. The van der Waals surface area contributed by atoms with Gasteiger partial charge in [0.25, 0.3) is 5.91 Å². The van der Waals surface area contributed by atoms with Gasteiger partial charge in [-0.1, -0.05) is 61.0 Å². The lowest BCUT2D eigenvalue weighted by molar-refractivity contribution is -0.157. The number of ketones is 1. The Labute approximate surface area is 467 Å². The standard InChI is InChI=1S/C57H65ClN10O10S/c1-6-40-54(74)67-26-11-14-43(67)55(75)66(5)45(28-34-16-19-38(20-17-34)65(3)4)56(76)68-31-36(32-79-27-25-60-41-22-24-59-42-29-37(58)18-21-39(41)42)47(70)30-44(68)51(71)64-49(35-12-8-7-9-13-35)57(77)78-33(2)48(52(72)62-40)63-53(73)50-46(69)15-10-23-61-50/h7-10,12-13,15-24,29,33,36,40,43-45,48-49,69H,6,11,14,25-28,30-32H2,1-5H3,(H,59,60)(H,62,72)(H,63,73)(H,64,71)/t33-,36+,40-,43+,44+,45+,48+,49?/m1/s1. The van der Waals surface area contributed by atoms with Gasteiger partial charge in [0.15, 0.2) is 11.7 Å². The summed E-state index contributed by atoms with van der Waals surface area (Å²) in [4.78, 5) is 132. The van der Waals surface area contributed by atoms with Crippen LogP contribution in [0.3, 0.4) is 0 Å². The van der Waals surface area contributed by atoms with E-state index in [9.17, 15) is 29.1 Å². The molecule has 2 aromatic heterocycles. The van der Waals surface area contributed by atoms with Crippen LogP contribution in [0.2, 0.25) is 5.02 Å². The van der Waals surface area contributed by atoms with Gasteiger partial charge in [0.1, 0.15) is 47.8 Å². The number of halogens is 1. The lowest BCUT2D eigenvalue weighted by atomic mass is 9.90. The second-order valence-corrected chi connectivity index (χ2v) is 21.7. The lowest BCUT2D eigenvalue weighted by Gasteiger charge is -2.42. The van der Waals surface area contributed by atoms with Crippen molar-refractivity contribution >= 4 is 92.8 Å². The first-order chi connectivity index (χ1) is 37.9. The van der Waals surface area contributed by atoms with E-state index >= 15 is 14.4 Å². The number of Topliss-reactive ketones (excluding diaryl/α,β-unsaturated/α-hetero) is 1. The number of aromatic hydroxyl groups is 1. The van der Waals surface area contributed by atoms with E-state index in [4.69, 9.17) is 16.3 Å². The molecule has 1 unspecified atom stereocenters. The smallest absolute Gasteiger partial charge is 0.333 e. The number of rotatable bonds is 13. The first-order valence-corrected chi connectivity index (χ1v) is 27.8. The summed E-state index contributed by atoms with van der Waals surface area (Å²) in [5, 5.41) is 23.4. The van der Waals surface area contributed by atoms with E-state index < -0.39 is 108 Å². The molecule has 79 heavy (non-hydrogen) atoms. The number of amides is 6. The summed E-state index contributed by atoms with van der Waals surface area (Å²) < 4.78 is 5.97. The average Bonchev–Trinajstić information content (AvgIpc) is 4.00. The Morgan fingerprint density at radius 2 is 1.63 bits per heavy atom. The van der Waals surface area contributed by atoms with Crippen LogP contribution in [-0.4, -0.2) is 166 Å². The third kappa shape index (κ3) is 13.4. The van der Waals surface area contributed by atoms with E-state index in [2.05, 4.69) is 31.2 Å². The number of nitrogens with zero attached hydrogens (tertiary/aromatic N) is 6. The maximum absolute atomic E-state index is 15.7. The van der Waals surface area contributed by atoms with Gasteiger partial charge in [-0.2, -0.15) is 11.8 Å². The number of hydrogen-bond acceptors (Lipinski definition) is 15. The van der Waals surface area contributed by atoms with Gasteiger partial charge in [-0.05, 0) is 85.8 Å². The van der Waals surface area contributed by atoms with Crippen molar-refractivity contribution in [2.45, 2.75) is 88.3 Å². The Bertz CT molecular complexity index is 3080. The molecule has 0 spiro atoms. The summed E-state index contributed by atoms with van der Waals surface area (Å²) in [6.07, 6.45) is 1.71. The number of thioether (sulfide) groups is 1. The van der Waals surface area contributed by atoms with Gasteiger partial charge in [-0.15, -0.1) is 0 Å². The normalized spacial score (nSPS) is 23.6. The molecule has 5 N–H and O–H groups in total. The highest BCUT2D eigenvalue weighted by molar-refractivity contribution is 7.99. The summed E-state index contributed by atoms with van der Waals surface area (Å²) in [7, 11) is 5.27. The lowest BCUT2D eigenvalue weighted by Crippen LogP contribution is -2.63. The average molecular weight is 1120 g/mol. The molecule has 8 atom stereocenters. The number of carbonyl (C=O) groups excluding carboxylic acids is 8. The van der Waals surface area contributed by atoms with Crippen LogP contribution in [0.1, 0.15) is 67.2 Å². The molecule has 3 aliphatic heterocycles. The van der Waals surface area contributed by atoms with Crippen LogP contribution in [0, 0.1) is 5.92 Å². The fraction of sp³-hybridized carbons (Fsp3) is 0.404. The van der Waals surface area contributed by atoms with Crippen LogP contribution in [0.15, 0.2) is 103 Å². The predicted octanol–water partition coefficient (Wildman–Crippen LogP) is 4.54. The number of carbonyl (C=O) groups is 8. The van der Waals surface area contributed by atoms with E-state index in [-0.39, 0.29) is 49.5 Å². The molecule has 0 radical (unpaired) electrons. The number of ether oxygens (including phenoxy) is 1. The zero-order valence-corrected chi connectivity index (χ0v) is 46.2. The van der Waals surface area contributed by atoms with E-state index in [1.165, 1.54) is 58.8 Å². The van der Waals surface area contributed by atoms with Gasteiger partial charge in [-0.25, -0.2) is 9.78 Å². The summed E-state index contributed by atoms with van der Waals surface area (Å²) in [5.74, 6) is -6.34. The molecular weight excluding hydrogens is 1050 g/mol. The highest BCUT2D eigenvalue weighted by atomic mass is 35.5. The third-order valence-electron chi connectivity index (χ3n) is 14.6. The molecule has 3 fully saturated rings. The molecule has 5 heterocycles. The number of cyclic esters (lactones) is 1. The Morgan fingerprint density at radius 1 is 0.873 bits per heavy atom. The monoisotopic (exact) mass is 1120 g/mol. The van der Waals surface area contributed by atoms with Crippen LogP contribution in [-0.2, 0) is 44.7 Å². The van der Waals surface area contributed by atoms with E-state index in [0.29, 0.717) is 29.3 Å². The maximum atomic E-state index is 15.7. The van der Waals surface area contributed by atoms with Crippen molar-refractivity contribution in [2.75, 3.05) is 62.5 Å². The molecule has 0 bridgehead atoms. The summed E-state index contributed by atoms with van der Waals surface area (Å²) in [5.41, 5.74) is 2.98. The minimum atomic E-state index is -1.71. The predicted molar refractivity (Wildman–Crippen MR) is 299 cm³/mol. The Kier molecular flexibility index (Phi) is 18.7. The van der Waals surface area contributed by atoms with Crippen molar-refractivity contribution in [3.05, 3.63) is 125 Å². The summed E-state index contributed by atoms with van der Waals surface area (Å²) in [6, 6.07) is 17.2. The molecule has 416 valence electrons. The topological polar surface area (TPSA) is 253 Å². The highest BCUT2D eigenvalue weighted by Crippen LogP contribution is 2.30. The fourth-order valence-electron chi connectivity index (χ4n) is 10.2. The number of pyridine rings is 2. The number of benzene rings is 3. The van der Waals surface area contributed by atoms with Crippen LogP contribution in [0.4, 0.5) is 11.4 Å². The van der Waals surface area contributed by atoms with E-state index in [1.54, 1.807) is 55.6 Å². The van der Waals surface area contributed by atoms with Gasteiger partial charge in [-0.3, -0.25) is 38.5 Å². The van der Waals surface area contributed by atoms with Crippen molar-refractivity contribution < 1.29 is 48.2 Å². The van der Waals surface area contributed by atoms with Crippen molar-refractivity contribution in [1.82, 2.24) is 40.6 Å². The molecule has 20 nitrogen and oxygen atoms in total. The molecule has 6 amide bonds. The van der Waals surface area contributed by atoms with Crippen LogP contribution in [0.25, 0.3) is 10.9 Å². The quantitative estimate of drug-likeness (QED) is 0.0802. The first-order valence-electron chi connectivity index (χ1n) is 26.3. The molecule has 3 aromatic carbocycles.